The number of aliphatic imine (C=N–C) groups is 1. The molecule has 1 unspecified atom stereocenters. The second kappa shape index (κ2) is 8.65. The summed E-state index contributed by atoms with van der Waals surface area (Å²) in [5, 5.41) is 0. The first-order valence-electron chi connectivity index (χ1n) is 8.95. The monoisotopic (exact) mass is 352 g/mol. The summed E-state index contributed by atoms with van der Waals surface area (Å²) in [6.45, 7) is 10.8. The number of carbonyl (C=O) groups is 1. The normalized spacial score (nSPS) is 12.2. The van der Waals surface area contributed by atoms with Gasteiger partial charge >= 0.3 is 5.97 Å². The number of hydrogen-bond acceptors (Lipinski definition) is 3. The number of rotatable bonds is 6. The van der Waals surface area contributed by atoms with E-state index in [1.165, 1.54) is 0 Å². The van der Waals surface area contributed by atoms with Gasteiger partial charge in [-0.25, -0.2) is 9.79 Å². The second-order valence-electron chi connectivity index (χ2n) is 6.68. The van der Waals surface area contributed by atoms with Crippen LogP contribution in [0.15, 0.2) is 41.4 Å². The number of esters is 1. The molecule has 0 saturated carbocycles. The van der Waals surface area contributed by atoms with Crippen LogP contribution in [0, 0.1) is 20.8 Å². The molecule has 0 radical (unpaired) electrons. The van der Waals surface area contributed by atoms with Crippen molar-refractivity contribution in [3.8, 4) is 0 Å². The van der Waals surface area contributed by atoms with Crippen LogP contribution in [0.1, 0.15) is 52.6 Å². The molecule has 2 aromatic carbocycles. The molecule has 0 aliphatic carbocycles. The fourth-order valence-electron chi connectivity index (χ4n) is 2.73. The summed E-state index contributed by atoms with van der Waals surface area (Å²) in [6, 6.07) is 11.8. The van der Waals surface area contributed by atoms with Gasteiger partial charge in [-0.3, -0.25) is 0 Å². The van der Waals surface area contributed by atoms with Gasteiger partial charge in [-0.15, -0.1) is 0 Å². The number of hydrogen-bond donors (Lipinski definition) is 0. The first-order valence-corrected chi connectivity index (χ1v) is 8.95. The molecule has 0 N–H and O–H groups in total. The maximum atomic E-state index is 12.7. The van der Waals surface area contributed by atoms with Gasteiger partial charge in [-0.05, 0) is 69.0 Å². The van der Waals surface area contributed by atoms with Crippen LogP contribution in [0.25, 0.3) is 0 Å². The van der Waals surface area contributed by atoms with Crippen molar-refractivity contribution >= 4 is 18.0 Å². The summed E-state index contributed by atoms with van der Waals surface area (Å²) in [6.07, 6.45) is 1.51. The van der Waals surface area contributed by atoms with Gasteiger partial charge in [0.25, 0.3) is 0 Å². The van der Waals surface area contributed by atoms with Gasteiger partial charge in [0.05, 0.1) is 17.6 Å². The molecule has 0 aromatic heterocycles. The Hall–Kier alpha value is -2.62. The predicted octanol–water partition coefficient (Wildman–Crippen LogP) is 5.14. The number of ether oxygens (including phenoxy) is 1. The fourth-order valence-corrected chi connectivity index (χ4v) is 2.73. The zero-order chi connectivity index (χ0) is 19.3. The summed E-state index contributed by atoms with van der Waals surface area (Å²) in [5.41, 5.74) is 5.41. The Labute approximate surface area is 156 Å². The molecule has 0 amide bonds. The molecular weight excluding hydrogens is 324 g/mol. The summed E-state index contributed by atoms with van der Waals surface area (Å²) >= 11 is 0. The first-order chi connectivity index (χ1) is 12.3. The molecule has 26 heavy (non-hydrogen) atoms. The van der Waals surface area contributed by atoms with E-state index in [9.17, 15) is 4.79 Å². The van der Waals surface area contributed by atoms with E-state index in [4.69, 9.17) is 4.74 Å². The van der Waals surface area contributed by atoms with Gasteiger partial charge in [-0.2, -0.15) is 0 Å². The van der Waals surface area contributed by atoms with Crippen LogP contribution in [0.5, 0.6) is 0 Å². The highest BCUT2D eigenvalue weighted by Gasteiger charge is 2.18. The molecule has 4 nitrogen and oxygen atoms in total. The highest BCUT2D eigenvalue weighted by molar-refractivity contribution is 5.92. The zero-order valence-electron chi connectivity index (χ0n) is 16.5. The molecule has 2 rings (SSSR count). The van der Waals surface area contributed by atoms with Gasteiger partial charge in [0.1, 0.15) is 6.10 Å². The summed E-state index contributed by atoms with van der Waals surface area (Å²) in [7, 11) is 1.98. The topological polar surface area (TPSA) is 41.9 Å². The Morgan fingerprint density at radius 2 is 1.85 bits per heavy atom. The lowest BCUT2D eigenvalue weighted by Crippen LogP contribution is -2.14. The molecule has 138 valence electrons. The number of nitrogens with zero attached hydrogens (tertiary/aromatic N) is 2. The summed E-state index contributed by atoms with van der Waals surface area (Å²) in [4.78, 5) is 19.2. The maximum absolute atomic E-state index is 12.7. The SMILES string of the molecule is CCN(C)/C=N/c1cc(C)c(C(=O)OC(C)c2ccccc2C)cc1C. The molecule has 1 atom stereocenters. The third-order valence-electron chi connectivity index (χ3n) is 4.57. The van der Waals surface area contributed by atoms with E-state index in [1.807, 2.05) is 76.0 Å². The summed E-state index contributed by atoms with van der Waals surface area (Å²) in [5.74, 6) is -0.303. The van der Waals surface area contributed by atoms with E-state index in [-0.39, 0.29) is 12.1 Å². The molecule has 0 saturated heterocycles. The third-order valence-corrected chi connectivity index (χ3v) is 4.57. The number of aryl methyl sites for hydroxylation is 3. The lowest BCUT2D eigenvalue weighted by molar-refractivity contribution is 0.0336. The van der Waals surface area contributed by atoms with Crippen molar-refractivity contribution in [2.75, 3.05) is 13.6 Å². The molecule has 0 aliphatic rings. The van der Waals surface area contributed by atoms with Gasteiger partial charge in [-0.1, -0.05) is 24.3 Å². The van der Waals surface area contributed by atoms with Crippen molar-refractivity contribution < 1.29 is 9.53 Å². The molecule has 0 heterocycles. The average Bonchev–Trinajstić information content (AvgIpc) is 2.61. The standard InChI is InChI=1S/C22H28N2O2/c1-7-24(6)14-23-21-13-16(3)20(12-17(21)4)22(25)26-18(5)19-11-9-8-10-15(19)2/h8-14,18H,7H2,1-6H3/b23-14+. The molecule has 0 fully saturated rings. The lowest BCUT2D eigenvalue weighted by atomic mass is 10.0. The lowest BCUT2D eigenvalue weighted by Gasteiger charge is -2.17. The number of benzene rings is 2. The van der Waals surface area contributed by atoms with Crippen molar-refractivity contribution in [3.05, 3.63) is 64.2 Å². The molecule has 0 aliphatic heterocycles. The smallest absolute Gasteiger partial charge is 0.339 e. The van der Waals surface area contributed by atoms with E-state index in [2.05, 4.69) is 11.9 Å². The summed E-state index contributed by atoms with van der Waals surface area (Å²) < 4.78 is 5.71. The van der Waals surface area contributed by atoms with Crippen molar-refractivity contribution in [3.63, 3.8) is 0 Å². The van der Waals surface area contributed by atoms with E-state index < -0.39 is 0 Å². The van der Waals surface area contributed by atoms with Crippen molar-refractivity contribution in [1.82, 2.24) is 4.90 Å². The van der Waals surface area contributed by atoms with Crippen LogP contribution < -0.4 is 0 Å². The van der Waals surface area contributed by atoms with E-state index >= 15 is 0 Å². The average molecular weight is 352 g/mol. The maximum Gasteiger partial charge on any atom is 0.339 e. The zero-order valence-corrected chi connectivity index (χ0v) is 16.5. The minimum atomic E-state index is -0.303. The quantitative estimate of drug-likeness (QED) is 0.410. The minimum Gasteiger partial charge on any atom is -0.454 e. The Bertz CT molecular complexity index is 812. The fraction of sp³-hybridized carbons (Fsp3) is 0.364. The van der Waals surface area contributed by atoms with E-state index in [1.54, 1.807) is 6.34 Å². The highest BCUT2D eigenvalue weighted by atomic mass is 16.5. The predicted molar refractivity (Wildman–Crippen MR) is 107 cm³/mol. The van der Waals surface area contributed by atoms with Gasteiger partial charge in [0.2, 0.25) is 0 Å². The van der Waals surface area contributed by atoms with E-state index in [0.717, 1.165) is 34.5 Å². The highest BCUT2D eigenvalue weighted by Crippen LogP contribution is 2.26. The molecule has 0 bridgehead atoms. The van der Waals surface area contributed by atoms with Crippen LogP contribution in [-0.2, 0) is 4.74 Å². The van der Waals surface area contributed by atoms with Crippen LogP contribution in [0.3, 0.4) is 0 Å². The van der Waals surface area contributed by atoms with Gasteiger partial charge in [0, 0.05) is 13.6 Å². The molecular formula is C22H28N2O2. The van der Waals surface area contributed by atoms with Crippen molar-refractivity contribution in [1.29, 1.82) is 0 Å². The molecule has 4 heteroatoms. The largest absolute Gasteiger partial charge is 0.454 e. The van der Waals surface area contributed by atoms with Crippen molar-refractivity contribution in [2.24, 2.45) is 4.99 Å². The van der Waals surface area contributed by atoms with Crippen LogP contribution in [0.2, 0.25) is 0 Å². The second-order valence-corrected chi connectivity index (χ2v) is 6.68. The minimum absolute atomic E-state index is 0.292. The Balaban J connectivity index is 2.20. The van der Waals surface area contributed by atoms with E-state index in [0.29, 0.717) is 5.56 Å². The first kappa shape index (κ1) is 19.7. The Kier molecular flexibility index (Phi) is 6.56. The molecule has 2 aromatic rings. The van der Waals surface area contributed by atoms with Gasteiger partial charge < -0.3 is 9.64 Å². The third kappa shape index (κ3) is 4.72. The van der Waals surface area contributed by atoms with Gasteiger partial charge in [0.15, 0.2) is 0 Å². The van der Waals surface area contributed by atoms with Crippen molar-refractivity contribution in [2.45, 2.75) is 40.7 Å². The molecule has 0 spiro atoms. The van der Waals surface area contributed by atoms with Crippen LogP contribution >= 0.6 is 0 Å². The number of carbonyl (C=O) groups excluding carboxylic acids is 1. The Morgan fingerprint density at radius 1 is 1.15 bits per heavy atom. The van der Waals surface area contributed by atoms with Crippen LogP contribution in [-0.4, -0.2) is 30.8 Å². The Morgan fingerprint density at radius 3 is 2.50 bits per heavy atom. The van der Waals surface area contributed by atoms with Crippen LogP contribution in [0.4, 0.5) is 5.69 Å².